The predicted molar refractivity (Wildman–Crippen MR) is 93.4 cm³/mol. The van der Waals surface area contributed by atoms with E-state index in [-0.39, 0.29) is 22.2 Å². The second-order valence-electron chi connectivity index (χ2n) is 5.58. The lowest BCUT2D eigenvalue weighted by molar-refractivity contribution is 0.447. The molecule has 0 fully saturated rings. The molecule has 0 atom stereocenters. The number of nitrogens with one attached hydrogen (secondary N) is 1. The van der Waals surface area contributed by atoms with Crippen LogP contribution in [0.4, 0.5) is 11.4 Å². The molecule has 8 nitrogen and oxygen atoms in total. The monoisotopic (exact) mass is 393 g/mol. The Morgan fingerprint density at radius 1 is 0.769 bits per heavy atom. The SMILES string of the molecule is O=S(=O)(O)c1c2c(c(S(=O)(=O)O)c3ccccc13)Oc1ccccc1N2. The molecule has 3 aromatic rings. The third kappa shape index (κ3) is 2.51. The van der Waals surface area contributed by atoms with E-state index in [0.29, 0.717) is 5.69 Å². The number of hydrogen-bond donors (Lipinski definition) is 3. The molecule has 3 aromatic carbocycles. The van der Waals surface area contributed by atoms with Gasteiger partial charge in [-0.05, 0) is 12.1 Å². The van der Waals surface area contributed by atoms with Crippen molar-refractivity contribution in [2.75, 3.05) is 5.32 Å². The number of anilines is 2. The first-order valence-corrected chi connectivity index (χ1v) is 10.1. The summed E-state index contributed by atoms with van der Waals surface area (Å²) in [7, 11) is -9.53. The molecule has 0 saturated carbocycles. The van der Waals surface area contributed by atoms with Crippen LogP contribution < -0.4 is 10.1 Å². The smallest absolute Gasteiger partial charge is 0.298 e. The second kappa shape index (κ2) is 5.42. The Kier molecular flexibility index (Phi) is 3.50. The van der Waals surface area contributed by atoms with E-state index in [1.165, 1.54) is 24.3 Å². The van der Waals surface area contributed by atoms with Crippen LogP contribution >= 0.6 is 0 Å². The lowest BCUT2D eigenvalue weighted by Gasteiger charge is -2.26. The maximum Gasteiger partial charge on any atom is 0.298 e. The van der Waals surface area contributed by atoms with Crippen molar-refractivity contribution >= 4 is 42.4 Å². The number of fused-ring (bicyclic) bond motifs is 3. The number of benzene rings is 3. The van der Waals surface area contributed by atoms with Crippen LogP contribution in [0.3, 0.4) is 0 Å². The van der Waals surface area contributed by atoms with E-state index in [9.17, 15) is 25.9 Å². The van der Waals surface area contributed by atoms with Crippen molar-refractivity contribution in [2.24, 2.45) is 0 Å². The molecule has 1 aliphatic rings. The molecular formula is C16H11NO7S2. The molecule has 26 heavy (non-hydrogen) atoms. The fraction of sp³-hybridized carbons (Fsp3) is 0. The van der Waals surface area contributed by atoms with E-state index in [2.05, 4.69) is 5.32 Å². The summed E-state index contributed by atoms with van der Waals surface area (Å²) in [5, 5.41) is 2.61. The van der Waals surface area contributed by atoms with E-state index in [4.69, 9.17) is 4.74 Å². The van der Waals surface area contributed by atoms with Crippen LogP contribution in [0.2, 0.25) is 0 Å². The largest absolute Gasteiger partial charge is 0.451 e. The van der Waals surface area contributed by atoms with Crippen molar-refractivity contribution in [3.8, 4) is 11.5 Å². The minimum absolute atomic E-state index is 0.0724. The van der Waals surface area contributed by atoms with Gasteiger partial charge in [-0.15, -0.1) is 0 Å². The molecule has 0 spiro atoms. The normalized spacial score (nSPS) is 13.5. The number of para-hydroxylation sites is 2. The molecule has 10 heteroatoms. The highest BCUT2D eigenvalue weighted by Gasteiger charge is 2.34. The lowest BCUT2D eigenvalue weighted by Crippen LogP contribution is -2.14. The minimum Gasteiger partial charge on any atom is -0.451 e. The highest BCUT2D eigenvalue weighted by atomic mass is 32.2. The Hall–Kier alpha value is -2.66. The van der Waals surface area contributed by atoms with E-state index in [0.717, 1.165) is 0 Å². The van der Waals surface area contributed by atoms with Crippen molar-refractivity contribution < 1.29 is 30.7 Å². The van der Waals surface area contributed by atoms with Crippen LogP contribution in [0.25, 0.3) is 10.8 Å². The lowest BCUT2D eigenvalue weighted by atomic mass is 10.1. The van der Waals surface area contributed by atoms with Gasteiger partial charge >= 0.3 is 0 Å². The first kappa shape index (κ1) is 16.8. The molecule has 0 aromatic heterocycles. The highest BCUT2D eigenvalue weighted by Crippen LogP contribution is 2.51. The zero-order chi connectivity index (χ0) is 18.7. The first-order chi connectivity index (χ1) is 12.2. The Labute approximate surface area is 148 Å². The molecule has 1 aliphatic heterocycles. The van der Waals surface area contributed by atoms with E-state index >= 15 is 0 Å². The molecule has 0 aliphatic carbocycles. The average molecular weight is 393 g/mol. The molecule has 0 amide bonds. The van der Waals surface area contributed by atoms with Gasteiger partial charge in [0.2, 0.25) is 0 Å². The van der Waals surface area contributed by atoms with E-state index in [1.54, 1.807) is 24.3 Å². The number of rotatable bonds is 2. The highest BCUT2D eigenvalue weighted by molar-refractivity contribution is 7.86. The molecular weight excluding hydrogens is 382 g/mol. The van der Waals surface area contributed by atoms with Crippen LogP contribution in [0.5, 0.6) is 11.5 Å². The summed E-state index contributed by atoms with van der Waals surface area (Å²) in [5.41, 5.74) is 0.110. The van der Waals surface area contributed by atoms with Crippen LogP contribution in [0, 0.1) is 0 Å². The summed E-state index contributed by atoms with van der Waals surface area (Å²) >= 11 is 0. The average Bonchev–Trinajstić information content (AvgIpc) is 2.55. The van der Waals surface area contributed by atoms with Gasteiger partial charge in [0, 0.05) is 10.8 Å². The maximum atomic E-state index is 12.0. The van der Waals surface area contributed by atoms with Crippen molar-refractivity contribution in [3.63, 3.8) is 0 Å². The van der Waals surface area contributed by atoms with Crippen LogP contribution in [0.15, 0.2) is 58.3 Å². The van der Waals surface area contributed by atoms with Gasteiger partial charge in [0.1, 0.15) is 15.5 Å². The molecule has 0 bridgehead atoms. The third-order valence-corrected chi connectivity index (χ3v) is 5.81. The fourth-order valence-corrected chi connectivity index (χ4v) is 4.68. The Morgan fingerprint density at radius 3 is 1.92 bits per heavy atom. The number of ether oxygens (including phenoxy) is 1. The molecule has 3 N–H and O–H groups in total. The van der Waals surface area contributed by atoms with Crippen molar-refractivity contribution in [3.05, 3.63) is 48.5 Å². The summed E-state index contributed by atoms with van der Waals surface area (Å²) in [6.07, 6.45) is 0. The molecule has 0 unspecified atom stereocenters. The molecule has 1 heterocycles. The second-order valence-corrected chi connectivity index (χ2v) is 8.30. The van der Waals surface area contributed by atoms with Gasteiger partial charge in [0.15, 0.2) is 11.5 Å². The zero-order valence-electron chi connectivity index (χ0n) is 12.9. The van der Waals surface area contributed by atoms with Crippen molar-refractivity contribution in [2.45, 2.75) is 9.79 Å². The van der Waals surface area contributed by atoms with Crippen LogP contribution in [0.1, 0.15) is 0 Å². The van der Waals surface area contributed by atoms with Gasteiger partial charge in [0.05, 0.1) is 5.69 Å². The summed E-state index contributed by atoms with van der Waals surface area (Å²) in [6.45, 7) is 0. The Bertz CT molecular complexity index is 1180. The molecule has 0 saturated heterocycles. The Morgan fingerprint density at radius 2 is 1.31 bits per heavy atom. The van der Waals surface area contributed by atoms with Gasteiger partial charge in [0.25, 0.3) is 20.2 Å². The quantitative estimate of drug-likeness (QED) is 0.443. The van der Waals surface area contributed by atoms with Crippen LogP contribution in [-0.4, -0.2) is 25.9 Å². The summed E-state index contributed by atoms with van der Waals surface area (Å²) < 4.78 is 73.2. The third-order valence-electron chi connectivity index (χ3n) is 3.95. The maximum absolute atomic E-state index is 12.0. The van der Waals surface area contributed by atoms with Crippen molar-refractivity contribution in [1.29, 1.82) is 0 Å². The molecule has 0 radical (unpaired) electrons. The standard InChI is InChI=1S/C16H11NO7S2/c18-25(19,20)15-9-5-1-2-6-10(9)16(26(21,22)23)14-13(15)17-11-7-3-4-8-12(11)24-14/h1-8,17H,(H,18,19,20)(H,21,22,23). The van der Waals surface area contributed by atoms with E-state index < -0.39 is 35.8 Å². The summed E-state index contributed by atoms with van der Waals surface area (Å²) in [6, 6.07) is 12.0. The first-order valence-electron chi connectivity index (χ1n) is 7.25. The van der Waals surface area contributed by atoms with Gasteiger partial charge in [-0.3, -0.25) is 9.11 Å². The summed E-state index contributed by atoms with van der Waals surface area (Å²) in [4.78, 5) is -1.12. The zero-order valence-corrected chi connectivity index (χ0v) is 14.5. The summed E-state index contributed by atoms with van der Waals surface area (Å²) in [5.74, 6) is -0.168. The van der Waals surface area contributed by atoms with Crippen molar-refractivity contribution in [1.82, 2.24) is 0 Å². The van der Waals surface area contributed by atoms with Gasteiger partial charge in [-0.25, -0.2) is 0 Å². The van der Waals surface area contributed by atoms with E-state index in [1.807, 2.05) is 0 Å². The Balaban J connectivity index is 2.24. The predicted octanol–water partition coefficient (Wildman–Crippen LogP) is 3.18. The number of hydrogen-bond acceptors (Lipinski definition) is 6. The van der Waals surface area contributed by atoms with Gasteiger partial charge < -0.3 is 10.1 Å². The fourth-order valence-electron chi connectivity index (χ4n) is 2.99. The molecule has 134 valence electrons. The topological polar surface area (TPSA) is 130 Å². The van der Waals surface area contributed by atoms with Gasteiger partial charge in [-0.1, -0.05) is 36.4 Å². The minimum atomic E-state index is -4.78. The molecule has 4 rings (SSSR count). The van der Waals surface area contributed by atoms with Gasteiger partial charge in [-0.2, -0.15) is 16.8 Å². The van der Waals surface area contributed by atoms with Crippen LogP contribution in [-0.2, 0) is 20.2 Å².